The first-order valence-corrected chi connectivity index (χ1v) is 9.11. The predicted octanol–water partition coefficient (Wildman–Crippen LogP) is 2.15. The standard InChI is InChI=1S/C20H20N4O4/c1-3-27-17-8-13-7-12(2)28-16(13)9-15(17)23-18(25)10-24-11-22-19-14(20(24)26)5-4-6-21-19/h4-6,8-9,11-12H,3,7,10H2,1-2H3,(H,23,25). The van der Waals surface area contributed by atoms with E-state index in [1.165, 1.54) is 10.9 Å². The topological polar surface area (TPSA) is 95.3 Å². The lowest BCUT2D eigenvalue weighted by atomic mass is 10.1. The smallest absolute Gasteiger partial charge is 0.263 e. The van der Waals surface area contributed by atoms with Gasteiger partial charge in [0.25, 0.3) is 5.56 Å². The Labute approximate surface area is 161 Å². The zero-order valence-electron chi connectivity index (χ0n) is 15.6. The number of anilines is 1. The molecule has 144 valence electrons. The van der Waals surface area contributed by atoms with Crippen LogP contribution in [0, 0.1) is 0 Å². The van der Waals surface area contributed by atoms with Crippen LogP contribution in [0.15, 0.2) is 41.6 Å². The summed E-state index contributed by atoms with van der Waals surface area (Å²) in [5.74, 6) is 0.960. The van der Waals surface area contributed by atoms with E-state index in [-0.39, 0.29) is 24.1 Å². The van der Waals surface area contributed by atoms with Gasteiger partial charge in [0.1, 0.15) is 30.5 Å². The number of nitrogens with zero attached hydrogens (tertiary/aromatic N) is 3. The molecule has 3 heterocycles. The summed E-state index contributed by atoms with van der Waals surface area (Å²) in [7, 11) is 0. The predicted molar refractivity (Wildman–Crippen MR) is 104 cm³/mol. The molecule has 8 heteroatoms. The van der Waals surface area contributed by atoms with Gasteiger partial charge in [-0.25, -0.2) is 9.97 Å². The molecule has 4 rings (SSSR count). The highest BCUT2D eigenvalue weighted by atomic mass is 16.5. The molecule has 0 saturated heterocycles. The SMILES string of the molecule is CCOc1cc2c(cc1NC(=O)Cn1cnc3ncccc3c1=O)OC(C)C2. The van der Waals surface area contributed by atoms with E-state index in [4.69, 9.17) is 9.47 Å². The third-order valence-electron chi connectivity index (χ3n) is 4.48. The van der Waals surface area contributed by atoms with Crippen LogP contribution in [0.4, 0.5) is 5.69 Å². The summed E-state index contributed by atoms with van der Waals surface area (Å²) >= 11 is 0. The molecule has 1 atom stereocenters. The summed E-state index contributed by atoms with van der Waals surface area (Å²) in [6.45, 7) is 4.18. The Morgan fingerprint density at radius 3 is 3.07 bits per heavy atom. The van der Waals surface area contributed by atoms with Gasteiger partial charge in [0, 0.05) is 24.2 Å². The van der Waals surface area contributed by atoms with Crippen molar-refractivity contribution in [2.45, 2.75) is 32.9 Å². The van der Waals surface area contributed by atoms with E-state index in [0.717, 1.165) is 17.7 Å². The maximum atomic E-state index is 12.6. The van der Waals surface area contributed by atoms with Crippen molar-refractivity contribution in [1.29, 1.82) is 0 Å². The minimum atomic E-state index is -0.362. The van der Waals surface area contributed by atoms with Crippen molar-refractivity contribution in [2.75, 3.05) is 11.9 Å². The van der Waals surface area contributed by atoms with E-state index in [2.05, 4.69) is 15.3 Å². The molecule has 1 aliphatic rings. The number of fused-ring (bicyclic) bond motifs is 2. The first-order chi connectivity index (χ1) is 13.5. The van der Waals surface area contributed by atoms with Crippen molar-refractivity contribution in [3.8, 4) is 11.5 Å². The normalized spacial score (nSPS) is 15.1. The van der Waals surface area contributed by atoms with Crippen LogP contribution >= 0.6 is 0 Å². The highest BCUT2D eigenvalue weighted by molar-refractivity contribution is 5.92. The molecule has 28 heavy (non-hydrogen) atoms. The van der Waals surface area contributed by atoms with Gasteiger partial charge in [0.15, 0.2) is 5.65 Å². The van der Waals surface area contributed by atoms with Crippen molar-refractivity contribution < 1.29 is 14.3 Å². The zero-order valence-corrected chi connectivity index (χ0v) is 15.6. The zero-order chi connectivity index (χ0) is 19.7. The maximum absolute atomic E-state index is 12.6. The van der Waals surface area contributed by atoms with E-state index in [9.17, 15) is 9.59 Å². The lowest BCUT2D eigenvalue weighted by Gasteiger charge is -2.14. The highest BCUT2D eigenvalue weighted by Gasteiger charge is 2.22. The maximum Gasteiger partial charge on any atom is 0.263 e. The molecule has 1 N–H and O–H groups in total. The monoisotopic (exact) mass is 380 g/mol. The lowest BCUT2D eigenvalue weighted by molar-refractivity contribution is -0.116. The Balaban J connectivity index is 1.58. The van der Waals surface area contributed by atoms with Gasteiger partial charge in [-0.05, 0) is 32.0 Å². The molecule has 1 aliphatic heterocycles. The number of nitrogens with one attached hydrogen (secondary N) is 1. The molecule has 8 nitrogen and oxygen atoms in total. The molecule has 2 aromatic heterocycles. The van der Waals surface area contributed by atoms with Gasteiger partial charge in [-0.2, -0.15) is 0 Å². The molecule has 3 aromatic rings. The summed E-state index contributed by atoms with van der Waals surface area (Å²) in [5, 5.41) is 3.18. The molecule has 0 bridgehead atoms. The van der Waals surface area contributed by atoms with Crippen LogP contribution in [0.2, 0.25) is 0 Å². The van der Waals surface area contributed by atoms with Crippen LogP contribution < -0.4 is 20.3 Å². The molecule has 0 radical (unpaired) electrons. The van der Waals surface area contributed by atoms with Crippen LogP contribution in [0.5, 0.6) is 11.5 Å². The second kappa shape index (κ2) is 7.30. The van der Waals surface area contributed by atoms with Crippen LogP contribution in [-0.4, -0.2) is 33.2 Å². The van der Waals surface area contributed by atoms with E-state index in [1.54, 1.807) is 24.4 Å². The highest BCUT2D eigenvalue weighted by Crippen LogP contribution is 2.38. The number of hydrogen-bond donors (Lipinski definition) is 1. The summed E-state index contributed by atoms with van der Waals surface area (Å²) in [5.41, 5.74) is 1.61. The number of rotatable bonds is 5. The van der Waals surface area contributed by atoms with Gasteiger partial charge in [0.05, 0.1) is 17.7 Å². The number of pyridine rings is 1. The van der Waals surface area contributed by atoms with Crippen molar-refractivity contribution in [2.24, 2.45) is 0 Å². The lowest BCUT2D eigenvalue weighted by Crippen LogP contribution is -2.28. The van der Waals surface area contributed by atoms with Crippen molar-refractivity contribution in [3.05, 3.63) is 52.7 Å². The van der Waals surface area contributed by atoms with Gasteiger partial charge in [-0.3, -0.25) is 14.2 Å². The molecule has 0 spiro atoms. The largest absolute Gasteiger partial charge is 0.492 e. The van der Waals surface area contributed by atoms with Crippen LogP contribution in [-0.2, 0) is 17.8 Å². The van der Waals surface area contributed by atoms with Crippen LogP contribution in [0.1, 0.15) is 19.4 Å². The van der Waals surface area contributed by atoms with E-state index in [0.29, 0.717) is 29.1 Å². The quantitative estimate of drug-likeness (QED) is 0.729. The van der Waals surface area contributed by atoms with Gasteiger partial charge >= 0.3 is 0 Å². The van der Waals surface area contributed by atoms with Crippen LogP contribution in [0.25, 0.3) is 11.0 Å². The van der Waals surface area contributed by atoms with E-state index < -0.39 is 0 Å². The summed E-state index contributed by atoms with van der Waals surface area (Å²) in [4.78, 5) is 33.3. The first-order valence-electron chi connectivity index (χ1n) is 9.11. The van der Waals surface area contributed by atoms with Crippen LogP contribution in [0.3, 0.4) is 0 Å². The number of amides is 1. The number of carbonyl (C=O) groups is 1. The van der Waals surface area contributed by atoms with Gasteiger partial charge in [-0.15, -0.1) is 0 Å². The second-order valence-electron chi connectivity index (χ2n) is 6.62. The Morgan fingerprint density at radius 2 is 2.25 bits per heavy atom. The van der Waals surface area contributed by atoms with E-state index in [1.807, 2.05) is 19.9 Å². The number of aromatic nitrogens is 3. The molecule has 0 fully saturated rings. The molecule has 0 saturated carbocycles. The second-order valence-corrected chi connectivity index (χ2v) is 6.62. The minimum absolute atomic E-state index is 0.0892. The van der Waals surface area contributed by atoms with Gasteiger partial charge in [-0.1, -0.05) is 0 Å². The Kier molecular flexibility index (Phi) is 4.68. The summed E-state index contributed by atoms with van der Waals surface area (Å²) in [6.07, 6.45) is 3.79. The Bertz CT molecular complexity index is 1110. The fourth-order valence-electron chi connectivity index (χ4n) is 3.27. The molecular formula is C20H20N4O4. The molecule has 1 unspecified atom stereocenters. The molecule has 1 aromatic carbocycles. The number of benzene rings is 1. The fourth-order valence-corrected chi connectivity index (χ4v) is 3.27. The summed E-state index contributed by atoms with van der Waals surface area (Å²) in [6, 6.07) is 6.97. The van der Waals surface area contributed by atoms with Crippen molar-refractivity contribution in [1.82, 2.24) is 14.5 Å². The van der Waals surface area contributed by atoms with E-state index >= 15 is 0 Å². The minimum Gasteiger partial charge on any atom is -0.492 e. The molecular weight excluding hydrogens is 360 g/mol. The van der Waals surface area contributed by atoms with Crippen molar-refractivity contribution in [3.63, 3.8) is 0 Å². The average molecular weight is 380 g/mol. The third kappa shape index (κ3) is 3.40. The third-order valence-corrected chi connectivity index (χ3v) is 4.48. The first kappa shape index (κ1) is 18.0. The summed E-state index contributed by atoms with van der Waals surface area (Å²) < 4.78 is 12.7. The number of hydrogen-bond acceptors (Lipinski definition) is 6. The fraction of sp³-hybridized carbons (Fsp3) is 0.300. The Morgan fingerprint density at radius 1 is 1.39 bits per heavy atom. The van der Waals surface area contributed by atoms with Gasteiger partial charge < -0.3 is 14.8 Å². The number of carbonyl (C=O) groups excluding carboxylic acids is 1. The Hall–Kier alpha value is -3.42. The molecule has 0 aliphatic carbocycles. The van der Waals surface area contributed by atoms with Gasteiger partial charge in [0.2, 0.25) is 5.91 Å². The average Bonchev–Trinajstić information content (AvgIpc) is 3.03. The number of ether oxygens (including phenoxy) is 2. The van der Waals surface area contributed by atoms with Crippen molar-refractivity contribution >= 4 is 22.6 Å². The molecule has 1 amide bonds.